The van der Waals surface area contributed by atoms with Crippen LogP contribution in [0.25, 0.3) is 11.4 Å². The number of benzene rings is 2. The van der Waals surface area contributed by atoms with Gasteiger partial charge in [0.05, 0.1) is 28.9 Å². The zero-order valence-corrected chi connectivity index (χ0v) is 17.0. The fourth-order valence-corrected chi connectivity index (χ4v) is 3.46. The van der Waals surface area contributed by atoms with Crippen LogP contribution >= 0.6 is 23.4 Å². The number of nitro benzene ring substituents is 1. The second kappa shape index (κ2) is 8.93. The summed E-state index contributed by atoms with van der Waals surface area (Å²) in [6, 6.07) is 11.5. The van der Waals surface area contributed by atoms with Gasteiger partial charge in [-0.05, 0) is 24.3 Å². The van der Waals surface area contributed by atoms with E-state index in [-0.39, 0.29) is 17.1 Å². The van der Waals surface area contributed by atoms with Crippen molar-refractivity contribution < 1.29 is 14.5 Å². The third kappa shape index (κ3) is 4.66. The second-order valence-corrected chi connectivity index (χ2v) is 7.17. The van der Waals surface area contributed by atoms with Crippen LogP contribution in [-0.4, -0.2) is 38.5 Å². The summed E-state index contributed by atoms with van der Waals surface area (Å²) >= 11 is 7.36. The molecular formula is C18H16ClN5O4S. The van der Waals surface area contributed by atoms with Gasteiger partial charge in [-0.3, -0.25) is 14.9 Å². The first-order chi connectivity index (χ1) is 13.9. The molecule has 0 saturated heterocycles. The molecule has 2 aromatic carbocycles. The molecule has 1 N–H and O–H groups in total. The number of carbonyl (C=O) groups excluding carboxylic acids is 1. The number of nitrogens with one attached hydrogen (secondary N) is 1. The van der Waals surface area contributed by atoms with Crippen molar-refractivity contribution in [1.29, 1.82) is 0 Å². The average molecular weight is 434 g/mol. The highest BCUT2D eigenvalue weighted by atomic mass is 35.5. The number of thioether (sulfide) groups is 1. The van der Waals surface area contributed by atoms with E-state index in [4.69, 9.17) is 16.3 Å². The van der Waals surface area contributed by atoms with Gasteiger partial charge in [0.2, 0.25) is 5.91 Å². The highest BCUT2D eigenvalue weighted by Crippen LogP contribution is 2.30. The number of hydrogen-bond donors (Lipinski definition) is 1. The minimum Gasteiger partial charge on any atom is -0.496 e. The molecule has 29 heavy (non-hydrogen) atoms. The van der Waals surface area contributed by atoms with Crippen LogP contribution in [0.5, 0.6) is 5.75 Å². The number of ether oxygens (including phenoxy) is 1. The lowest BCUT2D eigenvalue weighted by atomic mass is 10.2. The summed E-state index contributed by atoms with van der Waals surface area (Å²) in [6.07, 6.45) is 0. The number of nitrogens with zero attached hydrogens (tertiary/aromatic N) is 4. The molecule has 3 aromatic rings. The summed E-state index contributed by atoms with van der Waals surface area (Å²) in [5, 5.41) is 23.1. The fourth-order valence-electron chi connectivity index (χ4n) is 2.53. The highest BCUT2D eigenvalue weighted by Gasteiger charge is 2.19. The van der Waals surface area contributed by atoms with Gasteiger partial charge in [-0.1, -0.05) is 35.5 Å². The number of carbonyl (C=O) groups is 1. The minimum atomic E-state index is -0.580. The molecule has 0 radical (unpaired) electrons. The largest absolute Gasteiger partial charge is 0.496 e. The quantitative estimate of drug-likeness (QED) is 0.342. The number of hydrogen-bond acceptors (Lipinski definition) is 7. The van der Waals surface area contributed by atoms with E-state index >= 15 is 0 Å². The summed E-state index contributed by atoms with van der Waals surface area (Å²) in [5.74, 6) is 0.489. The Bertz CT molecular complexity index is 1070. The van der Waals surface area contributed by atoms with Gasteiger partial charge in [0.1, 0.15) is 11.4 Å². The standard InChI is InChI=1S/C18H16ClN5O4S/c1-23-17(12-5-3-4-6-13(12)19)21-22-18(23)29-10-16(25)20-14-8-7-11(28-2)9-15(14)24(26)27/h3-9H,10H2,1-2H3,(H,20,25). The number of methoxy groups -OCH3 is 1. The first-order valence-corrected chi connectivity index (χ1v) is 9.66. The van der Waals surface area contributed by atoms with Crippen LogP contribution in [0, 0.1) is 10.1 Å². The van der Waals surface area contributed by atoms with Crippen molar-refractivity contribution in [2.24, 2.45) is 7.05 Å². The Morgan fingerprint density at radius 2 is 2.07 bits per heavy atom. The zero-order valence-electron chi connectivity index (χ0n) is 15.5. The maximum absolute atomic E-state index is 12.3. The summed E-state index contributed by atoms with van der Waals surface area (Å²) in [7, 11) is 3.18. The van der Waals surface area contributed by atoms with Crippen molar-refractivity contribution in [3.63, 3.8) is 0 Å². The molecule has 0 spiro atoms. The van der Waals surface area contributed by atoms with Gasteiger partial charge in [0, 0.05) is 12.6 Å². The Balaban J connectivity index is 1.69. The van der Waals surface area contributed by atoms with Gasteiger partial charge in [0.25, 0.3) is 5.69 Å². The number of anilines is 1. The molecule has 0 bridgehead atoms. The van der Waals surface area contributed by atoms with Crippen LogP contribution in [-0.2, 0) is 11.8 Å². The Labute approximate surface area is 175 Å². The molecule has 9 nitrogen and oxygen atoms in total. The smallest absolute Gasteiger partial charge is 0.296 e. The number of amides is 1. The van der Waals surface area contributed by atoms with E-state index in [9.17, 15) is 14.9 Å². The Morgan fingerprint density at radius 1 is 1.31 bits per heavy atom. The first kappa shape index (κ1) is 20.6. The maximum atomic E-state index is 12.3. The van der Waals surface area contributed by atoms with Crippen LogP contribution in [0.2, 0.25) is 5.02 Å². The van der Waals surface area contributed by atoms with Crippen LogP contribution < -0.4 is 10.1 Å². The summed E-state index contributed by atoms with van der Waals surface area (Å²) in [4.78, 5) is 22.9. The molecule has 3 rings (SSSR count). The molecule has 0 fully saturated rings. The summed E-state index contributed by atoms with van der Waals surface area (Å²) in [6.45, 7) is 0. The van der Waals surface area contributed by atoms with Gasteiger partial charge < -0.3 is 14.6 Å². The molecule has 0 atom stereocenters. The highest BCUT2D eigenvalue weighted by molar-refractivity contribution is 7.99. The van der Waals surface area contributed by atoms with E-state index in [1.54, 1.807) is 17.7 Å². The third-order valence-electron chi connectivity index (χ3n) is 3.96. The van der Waals surface area contributed by atoms with Crippen molar-refractivity contribution in [2.45, 2.75) is 5.16 Å². The lowest BCUT2D eigenvalue weighted by Crippen LogP contribution is -2.15. The normalized spacial score (nSPS) is 10.6. The first-order valence-electron chi connectivity index (χ1n) is 8.30. The molecule has 11 heteroatoms. The Morgan fingerprint density at radius 3 is 2.76 bits per heavy atom. The molecule has 0 saturated carbocycles. The summed E-state index contributed by atoms with van der Waals surface area (Å²) in [5.41, 5.74) is 0.577. The third-order valence-corrected chi connectivity index (χ3v) is 5.31. The average Bonchev–Trinajstić information content (AvgIpc) is 3.07. The molecule has 0 aliphatic carbocycles. The van der Waals surface area contributed by atoms with Crippen molar-refractivity contribution in [3.8, 4) is 17.1 Å². The molecule has 150 valence electrons. The Kier molecular flexibility index (Phi) is 6.35. The predicted octanol–water partition coefficient (Wildman–Crippen LogP) is 3.78. The molecular weight excluding hydrogens is 418 g/mol. The van der Waals surface area contributed by atoms with E-state index in [1.807, 2.05) is 18.2 Å². The topological polar surface area (TPSA) is 112 Å². The van der Waals surface area contributed by atoms with Gasteiger partial charge in [-0.15, -0.1) is 10.2 Å². The molecule has 1 aromatic heterocycles. The van der Waals surface area contributed by atoms with Crippen LogP contribution in [0.3, 0.4) is 0 Å². The van der Waals surface area contributed by atoms with E-state index in [0.717, 1.165) is 17.3 Å². The van der Waals surface area contributed by atoms with Crippen molar-refractivity contribution in [2.75, 3.05) is 18.2 Å². The lowest BCUT2D eigenvalue weighted by Gasteiger charge is -2.08. The fraction of sp³-hybridized carbons (Fsp3) is 0.167. The minimum absolute atomic E-state index is 0.00230. The summed E-state index contributed by atoms with van der Waals surface area (Å²) < 4.78 is 6.71. The van der Waals surface area contributed by atoms with Gasteiger partial charge >= 0.3 is 0 Å². The van der Waals surface area contributed by atoms with E-state index in [0.29, 0.717) is 21.8 Å². The van der Waals surface area contributed by atoms with E-state index < -0.39 is 10.8 Å². The van der Waals surface area contributed by atoms with Crippen molar-refractivity contribution >= 4 is 40.6 Å². The molecule has 1 amide bonds. The molecule has 0 unspecified atom stereocenters. The molecule has 0 aliphatic rings. The number of nitro groups is 1. The number of aromatic nitrogens is 3. The number of rotatable bonds is 7. The maximum Gasteiger partial charge on any atom is 0.296 e. The SMILES string of the molecule is COc1ccc(NC(=O)CSc2nnc(-c3ccccc3Cl)n2C)c([N+](=O)[O-])c1. The molecule has 0 aliphatic heterocycles. The lowest BCUT2D eigenvalue weighted by molar-refractivity contribution is -0.384. The van der Waals surface area contributed by atoms with E-state index in [1.165, 1.54) is 25.3 Å². The van der Waals surface area contributed by atoms with Gasteiger partial charge in [-0.2, -0.15) is 0 Å². The van der Waals surface area contributed by atoms with Crippen molar-refractivity contribution in [3.05, 3.63) is 57.6 Å². The predicted molar refractivity (Wildman–Crippen MR) is 110 cm³/mol. The van der Waals surface area contributed by atoms with Gasteiger partial charge in [0.15, 0.2) is 11.0 Å². The van der Waals surface area contributed by atoms with Crippen LogP contribution in [0.15, 0.2) is 47.6 Å². The monoisotopic (exact) mass is 433 g/mol. The van der Waals surface area contributed by atoms with Crippen molar-refractivity contribution in [1.82, 2.24) is 14.8 Å². The van der Waals surface area contributed by atoms with Crippen LogP contribution in [0.1, 0.15) is 0 Å². The van der Waals surface area contributed by atoms with Gasteiger partial charge in [-0.25, -0.2) is 0 Å². The Hall–Kier alpha value is -3.11. The van der Waals surface area contributed by atoms with E-state index in [2.05, 4.69) is 15.5 Å². The van der Waals surface area contributed by atoms with Crippen LogP contribution in [0.4, 0.5) is 11.4 Å². The molecule has 1 heterocycles. The second-order valence-electron chi connectivity index (χ2n) is 5.82. The number of halogens is 1. The zero-order chi connectivity index (χ0) is 21.0.